The first-order valence-electron chi connectivity index (χ1n) is 5.11. The van der Waals surface area contributed by atoms with E-state index in [9.17, 15) is 4.79 Å². The summed E-state index contributed by atoms with van der Waals surface area (Å²) in [5, 5.41) is 14.6. The highest BCUT2D eigenvalue weighted by atomic mass is 35.5. The summed E-state index contributed by atoms with van der Waals surface area (Å²) in [4.78, 5) is 11.7. The lowest BCUT2D eigenvalue weighted by Gasteiger charge is -2.21. The van der Waals surface area contributed by atoms with Crippen LogP contribution in [0.25, 0.3) is 0 Å². The number of amides is 2. The summed E-state index contributed by atoms with van der Waals surface area (Å²) in [7, 11) is 0. The zero-order valence-corrected chi connectivity index (χ0v) is 10.7. The van der Waals surface area contributed by atoms with Crippen molar-refractivity contribution in [1.82, 2.24) is 5.32 Å². The molecule has 0 saturated carbocycles. The quantitative estimate of drug-likeness (QED) is 0.805. The maximum Gasteiger partial charge on any atom is 0.319 e. The van der Waals surface area contributed by atoms with Crippen molar-refractivity contribution in [3.05, 3.63) is 28.8 Å². The summed E-state index contributed by atoms with van der Waals surface area (Å²) in [6, 6.07) is 6.47. The zero-order chi connectivity index (χ0) is 13.1. The first kappa shape index (κ1) is 13.3. The molecule has 1 aromatic carbocycles. The van der Waals surface area contributed by atoms with Gasteiger partial charge in [-0.25, -0.2) is 4.79 Å². The fraction of sp³-hybridized carbons (Fsp3) is 0.333. The fourth-order valence-corrected chi connectivity index (χ4v) is 1.45. The van der Waals surface area contributed by atoms with E-state index in [1.807, 2.05) is 26.8 Å². The number of rotatable bonds is 1. The number of anilines is 1. The molecule has 1 rings (SSSR count). The number of halogens is 1. The molecule has 0 aliphatic rings. The molecule has 0 atom stereocenters. The number of nitriles is 1. The second-order valence-electron chi connectivity index (χ2n) is 4.60. The molecular formula is C12H14ClN3O. The van der Waals surface area contributed by atoms with E-state index in [0.717, 1.165) is 0 Å². The average molecular weight is 252 g/mol. The number of urea groups is 1. The molecule has 0 aliphatic heterocycles. The standard InChI is InChI=1S/C12H14ClN3O/c1-12(2,3)16-11(17)15-10-8(7-14)5-4-6-9(10)13/h4-6H,1-3H3,(H2,15,16,17). The first-order chi connectivity index (χ1) is 7.83. The lowest BCUT2D eigenvalue weighted by Crippen LogP contribution is -2.43. The third kappa shape index (κ3) is 3.97. The van der Waals surface area contributed by atoms with Gasteiger partial charge in [0.1, 0.15) is 6.07 Å². The maximum absolute atomic E-state index is 11.7. The monoisotopic (exact) mass is 251 g/mol. The van der Waals surface area contributed by atoms with Gasteiger partial charge in [0, 0.05) is 5.54 Å². The van der Waals surface area contributed by atoms with Gasteiger partial charge in [-0.1, -0.05) is 17.7 Å². The molecule has 0 unspecified atom stereocenters. The van der Waals surface area contributed by atoms with Gasteiger partial charge in [0.25, 0.3) is 0 Å². The minimum absolute atomic E-state index is 0.332. The molecule has 1 aromatic rings. The summed E-state index contributed by atoms with van der Waals surface area (Å²) in [6.45, 7) is 5.60. The minimum Gasteiger partial charge on any atom is -0.333 e. The highest BCUT2D eigenvalue weighted by Gasteiger charge is 2.16. The van der Waals surface area contributed by atoms with E-state index in [-0.39, 0.29) is 11.6 Å². The number of carbonyl (C=O) groups is 1. The van der Waals surface area contributed by atoms with Gasteiger partial charge >= 0.3 is 6.03 Å². The van der Waals surface area contributed by atoms with Crippen LogP contribution in [0.2, 0.25) is 5.02 Å². The van der Waals surface area contributed by atoms with Gasteiger partial charge in [0.05, 0.1) is 16.3 Å². The van der Waals surface area contributed by atoms with E-state index >= 15 is 0 Å². The Morgan fingerprint density at radius 2 is 2.06 bits per heavy atom. The third-order valence-electron chi connectivity index (χ3n) is 1.86. The average Bonchev–Trinajstić information content (AvgIpc) is 2.18. The van der Waals surface area contributed by atoms with Crippen LogP contribution in [0.3, 0.4) is 0 Å². The molecule has 0 radical (unpaired) electrons. The molecule has 0 spiro atoms. The highest BCUT2D eigenvalue weighted by Crippen LogP contribution is 2.25. The van der Waals surface area contributed by atoms with Gasteiger partial charge in [0.2, 0.25) is 0 Å². The summed E-state index contributed by atoms with van der Waals surface area (Å²) in [5.74, 6) is 0. The minimum atomic E-state index is -0.387. The van der Waals surface area contributed by atoms with Gasteiger partial charge in [-0.15, -0.1) is 0 Å². The normalized spacial score (nSPS) is 10.5. The highest BCUT2D eigenvalue weighted by molar-refractivity contribution is 6.34. The number of nitrogens with zero attached hydrogens (tertiary/aromatic N) is 1. The van der Waals surface area contributed by atoms with Crippen molar-refractivity contribution in [2.24, 2.45) is 0 Å². The number of carbonyl (C=O) groups excluding carboxylic acids is 1. The van der Waals surface area contributed by atoms with E-state index in [4.69, 9.17) is 16.9 Å². The topological polar surface area (TPSA) is 64.9 Å². The zero-order valence-electron chi connectivity index (χ0n) is 9.97. The smallest absolute Gasteiger partial charge is 0.319 e. The molecule has 5 heteroatoms. The third-order valence-corrected chi connectivity index (χ3v) is 2.18. The Morgan fingerprint density at radius 1 is 1.41 bits per heavy atom. The van der Waals surface area contributed by atoms with E-state index in [1.54, 1.807) is 18.2 Å². The lowest BCUT2D eigenvalue weighted by molar-refractivity contribution is 0.244. The fourth-order valence-electron chi connectivity index (χ4n) is 1.23. The molecule has 0 fully saturated rings. The van der Waals surface area contributed by atoms with Gasteiger partial charge in [0.15, 0.2) is 0 Å². The number of nitrogens with one attached hydrogen (secondary N) is 2. The molecule has 90 valence electrons. The van der Waals surface area contributed by atoms with Crippen LogP contribution in [0.4, 0.5) is 10.5 Å². The lowest BCUT2D eigenvalue weighted by atomic mass is 10.1. The molecule has 4 nitrogen and oxygen atoms in total. The van der Waals surface area contributed by atoms with Crippen molar-refractivity contribution in [1.29, 1.82) is 5.26 Å². The second-order valence-corrected chi connectivity index (χ2v) is 5.01. The van der Waals surface area contributed by atoms with Crippen molar-refractivity contribution < 1.29 is 4.79 Å². The molecule has 2 amide bonds. The predicted octanol–water partition coefficient (Wildman–Crippen LogP) is 3.13. The Kier molecular flexibility index (Phi) is 3.97. The van der Waals surface area contributed by atoms with Gasteiger partial charge < -0.3 is 10.6 Å². The molecule has 0 aromatic heterocycles. The molecule has 0 bridgehead atoms. The van der Waals surface area contributed by atoms with Gasteiger partial charge in [-0.3, -0.25) is 0 Å². The molecule has 0 saturated heterocycles. The second kappa shape index (κ2) is 5.07. The maximum atomic E-state index is 11.7. The van der Waals surface area contributed by atoms with Crippen molar-refractivity contribution in [2.45, 2.75) is 26.3 Å². The van der Waals surface area contributed by atoms with E-state index in [1.165, 1.54) is 0 Å². The van der Waals surface area contributed by atoms with E-state index < -0.39 is 0 Å². The predicted molar refractivity (Wildman–Crippen MR) is 68.1 cm³/mol. The molecular weight excluding hydrogens is 238 g/mol. The Balaban J connectivity index is 2.89. The van der Waals surface area contributed by atoms with E-state index in [0.29, 0.717) is 16.3 Å². The number of benzene rings is 1. The Labute approximate surface area is 106 Å². The molecule has 2 N–H and O–H groups in total. The molecule has 0 heterocycles. The Morgan fingerprint density at radius 3 is 2.59 bits per heavy atom. The van der Waals surface area contributed by atoms with Crippen LogP contribution in [0, 0.1) is 11.3 Å². The van der Waals surface area contributed by atoms with Crippen LogP contribution in [-0.2, 0) is 0 Å². The van der Waals surface area contributed by atoms with Crippen LogP contribution >= 0.6 is 11.6 Å². The first-order valence-corrected chi connectivity index (χ1v) is 5.49. The molecule has 17 heavy (non-hydrogen) atoms. The number of para-hydroxylation sites is 1. The SMILES string of the molecule is CC(C)(C)NC(=O)Nc1c(Cl)cccc1C#N. The Hall–Kier alpha value is -1.73. The largest absolute Gasteiger partial charge is 0.333 e. The summed E-state index contributed by atoms with van der Waals surface area (Å²) >= 11 is 5.93. The van der Waals surface area contributed by atoms with E-state index in [2.05, 4.69) is 10.6 Å². The summed E-state index contributed by atoms with van der Waals surface area (Å²) < 4.78 is 0. The van der Waals surface area contributed by atoms with Crippen LogP contribution in [0.15, 0.2) is 18.2 Å². The summed E-state index contributed by atoms with van der Waals surface area (Å²) in [5.41, 5.74) is 0.318. The Bertz CT molecular complexity index is 472. The van der Waals surface area contributed by atoms with Crippen LogP contribution in [0.1, 0.15) is 26.3 Å². The van der Waals surface area contributed by atoms with Crippen LogP contribution in [0.5, 0.6) is 0 Å². The summed E-state index contributed by atoms with van der Waals surface area (Å²) in [6.07, 6.45) is 0. The van der Waals surface area contributed by atoms with Gasteiger partial charge in [-0.05, 0) is 32.9 Å². The van der Waals surface area contributed by atoms with Crippen LogP contribution < -0.4 is 10.6 Å². The van der Waals surface area contributed by atoms with Crippen molar-refractivity contribution in [2.75, 3.05) is 5.32 Å². The van der Waals surface area contributed by atoms with Crippen molar-refractivity contribution in [3.8, 4) is 6.07 Å². The van der Waals surface area contributed by atoms with Crippen molar-refractivity contribution >= 4 is 23.3 Å². The van der Waals surface area contributed by atoms with Crippen LogP contribution in [-0.4, -0.2) is 11.6 Å². The number of hydrogen-bond acceptors (Lipinski definition) is 2. The molecule has 0 aliphatic carbocycles. The number of hydrogen-bond donors (Lipinski definition) is 2. The van der Waals surface area contributed by atoms with Gasteiger partial charge in [-0.2, -0.15) is 5.26 Å². The van der Waals surface area contributed by atoms with Crippen molar-refractivity contribution in [3.63, 3.8) is 0 Å².